The van der Waals surface area contributed by atoms with E-state index in [0.29, 0.717) is 5.41 Å². The standard InChI is InChI=1S/C13H19.2ClH.Zr/c1-11(2)13(9-5-6-10-13)12-7-3-4-8-12;;;/h3,7,11H,4-6,9-10H2,1-2H3;2*1H;/q-1;;;+3/p-2. The molecule has 1 saturated carbocycles. The monoisotopic (exact) mass is 335 g/mol. The van der Waals surface area contributed by atoms with Crippen molar-refractivity contribution in [2.75, 3.05) is 0 Å². The first-order chi connectivity index (χ1) is 6.26. The molecule has 1 fully saturated rings. The van der Waals surface area contributed by atoms with E-state index in [-0.39, 0.29) is 51.0 Å². The quantitative estimate of drug-likeness (QED) is 0.507. The molecule has 0 heterocycles. The number of rotatable bonds is 2. The van der Waals surface area contributed by atoms with Gasteiger partial charge in [-0.2, -0.15) is 6.08 Å². The zero-order chi connectivity index (χ0) is 9.31. The molecule has 2 aliphatic carbocycles. The smallest absolute Gasteiger partial charge is 1.00 e. The van der Waals surface area contributed by atoms with E-state index < -0.39 is 0 Å². The third-order valence-corrected chi connectivity index (χ3v) is 3.83. The van der Waals surface area contributed by atoms with Crippen LogP contribution < -0.4 is 24.8 Å². The number of halogens is 2. The minimum Gasteiger partial charge on any atom is -1.00 e. The van der Waals surface area contributed by atoms with Crippen molar-refractivity contribution in [1.29, 1.82) is 0 Å². The second-order valence-corrected chi connectivity index (χ2v) is 4.71. The van der Waals surface area contributed by atoms with Gasteiger partial charge >= 0.3 is 26.2 Å². The zero-order valence-electron chi connectivity index (χ0n) is 10.0. The summed E-state index contributed by atoms with van der Waals surface area (Å²) in [5.74, 6) is 0.778. The normalized spacial score (nSPS) is 20.8. The summed E-state index contributed by atoms with van der Waals surface area (Å²) < 4.78 is 0. The van der Waals surface area contributed by atoms with E-state index in [9.17, 15) is 0 Å². The van der Waals surface area contributed by atoms with Crippen molar-refractivity contribution in [1.82, 2.24) is 0 Å². The topological polar surface area (TPSA) is 0 Å². The number of hydrogen-bond donors (Lipinski definition) is 0. The van der Waals surface area contributed by atoms with Crippen molar-refractivity contribution in [2.24, 2.45) is 11.3 Å². The molecule has 0 aromatic carbocycles. The maximum Gasteiger partial charge on any atom is 3.00 e. The van der Waals surface area contributed by atoms with Gasteiger partial charge < -0.3 is 24.8 Å². The maximum atomic E-state index is 3.53. The van der Waals surface area contributed by atoms with Crippen LogP contribution >= 0.6 is 0 Å². The number of allylic oxidation sites excluding steroid dienone is 4. The maximum absolute atomic E-state index is 3.53. The van der Waals surface area contributed by atoms with Gasteiger partial charge in [-0.15, -0.1) is 6.42 Å². The minimum atomic E-state index is 0. The summed E-state index contributed by atoms with van der Waals surface area (Å²) in [6, 6.07) is 0. The van der Waals surface area contributed by atoms with Gasteiger partial charge in [0.1, 0.15) is 0 Å². The van der Waals surface area contributed by atoms with E-state index in [0.717, 1.165) is 12.3 Å². The Morgan fingerprint density at radius 1 is 1.19 bits per heavy atom. The predicted octanol–water partition coefficient (Wildman–Crippen LogP) is -2.10. The van der Waals surface area contributed by atoms with Crippen LogP contribution in [0.15, 0.2) is 17.7 Å². The van der Waals surface area contributed by atoms with Crippen LogP contribution in [0, 0.1) is 17.4 Å². The Morgan fingerprint density at radius 3 is 2.12 bits per heavy atom. The van der Waals surface area contributed by atoms with Crippen LogP contribution in [0.4, 0.5) is 0 Å². The summed E-state index contributed by atoms with van der Waals surface area (Å²) in [6.07, 6.45) is 14.7. The van der Waals surface area contributed by atoms with E-state index in [4.69, 9.17) is 0 Å². The first-order valence-corrected chi connectivity index (χ1v) is 5.53. The number of hydrogen-bond acceptors (Lipinski definition) is 0. The Bertz CT molecular complexity index is 251. The Labute approximate surface area is 131 Å². The summed E-state index contributed by atoms with van der Waals surface area (Å²) in [5, 5.41) is 0. The largest absolute Gasteiger partial charge is 3.00 e. The summed E-state index contributed by atoms with van der Waals surface area (Å²) in [4.78, 5) is 0. The SMILES string of the molecule is CC(C)C1(C2=[C-]CC=C2)CCCC1.[Cl-].[Cl-].[Zr+3]. The van der Waals surface area contributed by atoms with Crippen molar-refractivity contribution >= 4 is 0 Å². The van der Waals surface area contributed by atoms with Gasteiger partial charge in [0.15, 0.2) is 0 Å². The van der Waals surface area contributed by atoms with Crippen LogP contribution in [-0.2, 0) is 26.2 Å². The van der Waals surface area contributed by atoms with E-state index in [1.165, 1.54) is 31.3 Å². The molecule has 0 amide bonds. The van der Waals surface area contributed by atoms with Crippen molar-refractivity contribution in [3.8, 4) is 0 Å². The summed E-state index contributed by atoms with van der Waals surface area (Å²) >= 11 is 0. The molecule has 0 aliphatic heterocycles. The third-order valence-electron chi connectivity index (χ3n) is 3.83. The summed E-state index contributed by atoms with van der Waals surface area (Å²) in [7, 11) is 0. The first-order valence-electron chi connectivity index (χ1n) is 5.53. The average molecular weight is 337 g/mol. The molecule has 2 aliphatic rings. The molecule has 0 N–H and O–H groups in total. The molecule has 0 saturated heterocycles. The van der Waals surface area contributed by atoms with Crippen LogP contribution in [0.1, 0.15) is 46.0 Å². The molecule has 0 aromatic heterocycles. The van der Waals surface area contributed by atoms with Gasteiger partial charge in [0, 0.05) is 0 Å². The van der Waals surface area contributed by atoms with Crippen LogP contribution in [-0.4, -0.2) is 0 Å². The van der Waals surface area contributed by atoms with Gasteiger partial charge in [-0.1, -0.05) is 26.7 Å². The van der Waals surface area contributed by atoms with E-state index in [1.54, 1.807) is 0 Å². The van der Waals surface area contributed by atoms with Gasteiger partial charge in [-0.05, 0) is 24.2 Å². The molecule has 16 heavy (non-hydrogen) atoms. The predicted molar refractivity (Wildman–Crippen MR) is 56.3 cm³/mol. The van der Waals surface area contributed by atoms with Crippen molar-refractivity contribution in [2.45, 2.75) is 46.0 Å². The molecule has 1 radical (unpaired) electrons. The fourth-order valence-corrected chi connectivity index (χ4v) is 2.91. The average Bonchev–Trinajstić information content (AvgIpc) is 2.75. The molecular weight excluding hydrogens is 318 g/mol. The Morgan fingerprint density at radius 2 is 1.75 bits per heavy atom. The minimum absolute atomic E-state index is 0. The van der Waals surface area contributed by atoms with Gasteiger partial charge in [0.05, 0.1) is 0 Å². The molecule has 0 atom stereocenters. The van der Waals surface area contributed by atoms with E-state index in [2.05, 4.69) is 32.1 Å². The van der Waals surface area contributed by atoms with Crippen molar-refractivity contribution in [3.05, 3.63) is 23.8 Å². The van der Waals surface area contributed by atoms with Crippen LogP contribution in [0.3, 0.4) is 0 Å². The van der Waals surface area contributed by atoms with Crippen LogP contribution in [0.25, 0.3) is 0 Å². The fourth-order valence-electron chi connectivity index (χ4n) is 2.91. The second kappa shape index (κ2) is 8.12. The molecule has 2 rings (SSSR count). The Balaban J connectivity index is 0. The Hall–Kier alpha value is 0.943. The third kappa shape index (κ3) is 3.47. The van der Waals surface area contributed by atoms with Crippen molar-refractivity contribution < 1.29 is 51.0 Å². The Kier molecular flexibility index (Phi) is 9.78. The van der Waals surface area contributed by atoms with Gasteiger partial charge in [-0.3, -0.25) is 6.08 Å². The molecule has 0 nitrogen and oxygen atoms in total. The summed E-state index contributed by atoms with van der Waals surface area (Å²) in [5.41, 5.74) is 2.01. The first kappa shape index (κ1) is 19.3. The van der Waals surface area contributed by atoms with Gasteiger partial charge in [0.25, 0.3) is 0 Å². The van der Waals surface area contributed by atoms with Crippen LogP contribution in [0.2, 0.25) is 0 Å². The zero-order valence-corrected chi connectivity index (χ0v) is 14.0. The molecule has 89 valence electrons. The molecule has 0 spiro atoms. The van der Waals surface area contributed by atoms with Crippen molar-refractivity contribution in [3.63, 3.8) is 0 Å². The molecule has 0 aromatic rings. The van der Waals surface area contributed by atoms with Gasteiger partial charge in [-0.25, -0.2) is 11.6 Å². The molecule has 3 heteroatoms. The second-order valence-electron chi connectivity index (χ2n) is 4.71. The summed E-state index contributed by atoms with van der Waals surface area (Å²) in [6.45, 7) is 4.73. The van der Waals surface area contributed by atoms with Gasteiger partial charge in [0.2, 0.25) is 0 Å². The molecule has 0 bridgehead atoms. The fraction of sp³-hybridized carbons (Fsp3) is 0.692. The van der Waals surface area contributed by atoms with Crippen LogP contribution in [0.5, 0.6) is 0 Å². The van der Waals surface area contributed by atoms with E-state index in [1.807, 2.05) is 0 Å². The molecule has 0 unspecified atom stereocenters. The van der Waals surface area contributed by atoms with E-state index >= 15 is 0 Å². The molecular formula is C13H19Cl2Zr.